The zero-order valence-electron chi connectivity index (χ0n) is 12.0. The van der Waals surface area contributed by atoms with Crippen molar-refractivity contribution in [1.29, 1.82) is 0 Å². The molecule has 118 valence electrons. The van der Waals surface area contributed by atoms with Crippen molar-refractivity contribution in [3.63, 3.8) is 0 Å². The first-order valence-electron chi connectivity index (χ1n) is 7.63. The van der Waals surface area contributed by atoms with Crippen LogP contribution in [0.3, 0.4) is 0 Å². The van der Waals surface area contributed by atoms with Crippen molar-refractivity contribution >= 4 is 38.8 Å². The van der Waals surface area contributed by atoms with Gasteiger partial charge in [-0.25, -0.2) is 8.78 Å². The predicted octanol–water partition coefficient (Wildman–Crippen LogP) is 5.12. The Kier molecular flexibility index (Phi) is 3.95. The summed E-state index contributed by atoms with van der Waals surface area (Å²) in [5.74, 6) is -0.252. The van der Waals surface area contributed by atoms with Gasteiger partial charge in [0.15, 0.2) is 0 Å². The summed E-state index contributed by atoms with van der Waals surface area (Å²) in [6, 6.07) is 3.59. The molecule has 6 heteroatoms. The fourth-order valence-corrected chi connectivity index (χ4v) is 4.11. The Morgan fingerprint density at radius 3 is 2.77 bits per heavy atom. The summed E-state index contributed by atoms with van der Waals surface area (Å²) >= 11 is 5.03. The van der Waals surface area contributed by atoms with Gasteiger partial charge < -0.3 is 4.57 Å². The highest BCUT2D eigenvalue weighted by atomic mass is 79.9. The van der Waals surface area contributed by atoms with Gasteiger partial charge >= 0.3 is 0 Å². The van der Waals surface area contributed by atoms with Gasteiger partial charge in [-0.1, -0.05) is 11.9 Å². The second-order valence-electron chi connectivity index (χ2n) is 6.21. The molecule has 22 heavy (non-hydrogen) atoms. The van der Waals surface area contributed by atoms with Gasteiger partial charge in [0.1, 0.15) is 12.0 Å². The quantitative estimate of drug-likeness (QED) is 0.718. The maximum Gasteiger partial charge on any atom is 0.138 e. The van der Waals surface area contributed by atoms with Crippen molar-refractivity contribution in [3.8, 4) is 0 Å². The van der Waals surface area contributed by atoms with Crippen LogP contribution in [0.1, 0.15) is 37.3 Å². The van der Waals surface area contributed by atoms with Crippen molar-refractivity contribution in [2.24, 2.45) is 0 Å². The Morgan fingerprint density at radius 2 is 2.09 bits per heavy atom. The Labute approximate surface area is 140 Å². The molecule has 0 amide bonds. The molecule has 0 atom stereocenters. The first-order valence-corrected chi connectivity index (χ1v) is 9.30. The van der Waals surface area contributed by atoms with Crippen molar-refractivity contribution in [1.82, 2.24) is 9.29 Å². The average molecular weight is 387 g/mol. The van der Waals surface area contributed by atoms with Gasteiger partial charge in [-0.2, -0.15) is 0 Å². The normalized spacial score (nSPS) is 24.7. The van der Waals surface area contributed by atoms with Crippen LogP contribution in [-0.2, 0) is 6.54 Å². The van der Waals surface area contributed by atoms with Crippen LogP contribution < -0.4 is 4.72 Å². The third kappa shape index (κ3) is 2.81. The molecule has 2 saturated carbocycles. The number of hydrogen-bond donors (Lipinski definition) is 1. The van der Waals surface area contributed by atoms with E-state index in [-0.39, 0.29) is 11.9 Å². The third-order valence-electron chi connectivity index (χ3n) is 4.44. The van der Waals surface area contributed by atoms with Crippen LogP contribution in [0, 0.1) is 5.82 Å². The molecule has 1 aromatic heterocycles. The number of nitrogens with one attached hydrogen (secondary N) is 1. The molecule has 2 aliphatic rings. The van der Waals surface area contributed by atoms with Gasteiger partial charge in [-0.05, 0) is 59.3 Å². The lowest BCUT2D eigenvalue weighted by atomic mass is 9.90. The average Bonchev–Trinajstić information content (AvgIpc) is 3.21. The van der Waals surface area contributed by atoms with E-state index in [4.69, 9.17) is 0 Å². The van der Waals surface area contributed by atoms with E-state index < -0.39 is 6.17 Å². The van der Waals surface area contributed by atoms with Crippen LogP contribution in [0.4, 0.5) is 8.78 Å². The van der Waals surface area contributed by atoms with Crippen molar-refractivity contribution < 1.29 is 8.78 Å². The lowest BCUT2D eigenvalue weighted by Crippen LogP contribution is -2.27. The molecule has 0 unspecified atom stereocenters. The highest BCUT2D eigenvalue weighted by Gasteiger charge is 2.31. The van der Waals surface area contributed by atoms with Crippen molar-refractivity contribution in [3.05, 3.63) is 34.2 Å². The zero-order chi connectivity index (χ0) is 15.3. The molecule has 0 radical (unpaired) electrons. The smallest absolute Gasteiger partial charge is 0.138 e. The standard InChI is InChI=1S/C16H17BrF2N2S/c17-14-6-16-13(5-15(14)19)9(7-20-22-12-1-2-12)8-21(16)11-3-10(18)4-11/h5-6,8,10-12,20H,1-4,7H2. The number of alkyl halides is 1. The van der Waals surface area contributed by atoms with E-state index in [2.05, 4.69) is 31.4 Å². The third-order valence-corrected chi connectivity index (χ3v) is 6.17. The minimum Gasteiger partial charge on any atom is -0.344 e. The first kappa shape index (κ1) is 15.0. The Balaban J connectivity index is 1.66. The molecule has 2 nitrogen and oxygen atoms in total. The van der Waals surface area contributed by atoms with E-state index in [1.165, 1.54) is 12.8 Å². The monoisotopic (exact) mass is 386 g/mol. The molecular weight excluding hydrogens is 370 g/mol. The lowest BCUT2D eigenvalue weighted by Gasteiger charge is -2.31. The van der Waals surface area contributed by atoms with E-state index in [0.717, 1.165) is 21.7 Å². The number of hydrogen-bond acceptors (Lipinski definition) is 2. The van der Waals surface area contributed by atoms with Crippen LogP contribution in [0.25, 0.3) is 10.9 Å². The van der Waals surface area contributed by atoms with E-state index in [1.807, 2.05) is 6.07 Å². The molecule has 0 aliphatic heterocycles. The summed E-state index contributed by atoms with van der Waals surface area (Å²) in [4.78, 5) is 0. The Hall–Kier alpha value is -0.590. The van der Waals surface area contributed by atoms with Crippen LogP contribution in [0.15, 0.2) is 22.8 Å². The molecule has 4 rings (SSSR count). The van der Waals surface area contributed by atoms with Crippen LogP contribution in [-0.4, -0.2) is 16.0 Å². The summed E-state index contributed by atoms with van der Waals surface area (Å²) in [5, 5.41) is 1.66. The number of benzene rings is 1. The van der Waals surface area contributed by atoms with Gasteiger partial charge in [0, 0.05) is 34.9 Å². The van der Waals surface area contributed by atoms with Crippen LogP contribution in [0.2, 0.25) is 0 Å². The number of rotatable bonds is 5. The highest BCUT2D eigenvalue weighted by molar-refractivity contribution is 9.10. The fraction of sp³-hybridized carbons (Fsp3) is 0.500. The van der Waals surface area contributed by atoms with E-state index in [1.54, 1.807) is 18.0 Å². The van der Waals surface area contributed by atoms with Gasteiger partial charge in [0.25, 0.3) is 0 Å². The van der Waals surface area contributed by atoms with Gasteiger partial charge in [0.05, 0.1) is 4.47 Å². The summed E-state index contributed by atoms with van der Waals surface area (Å²) in [5.41, 5.74) is 2.07. The molecule has 1 heterocycles. The minimum atomic E-state index is -0.696. The van der Waals surface area contributed by atoms with Gasteiger partial charge in [-0.15, -0.1) is 0 Å². The zero-order valence-corrected chi connectivity index (χ0v) is 14.4. The fourth-order valence-electron chi connectivity index (χ4n) is 2.93. The minimum absolute atomic E-state index is 0.194. The maximum absolute atomic E-state index is 13.9. The summed E-state index contributed by atoms with van der Waals surface area (Å²) in [6.45, 7) is 0.706. The van der Waals surface area contributed by atoms with Crippen molar-refractivity contribution in [2.45, 2.75) is 49.7 Å². The molecule has 0 saturated heterocycles. The predicted molar refractivity (Wildman–Crippen MR) is 90.2 cm³/mol. The topological polar surface area (TPSA) is 17.0 Å². The summed E-state index contributed by atoms with van der Waals surface area (Å²) < 4.78 is 33.1. The molecule has 1 aromatic carbocycles. The number of nitrogens with zero attached hydrogens (tertiary/aromatic N) is 1. The second-order valence-corrected chi connectivity index (χ2v) is 8.25. The first-order chi connectivity index (χ1) is 10.6. The lowest BCUT2D eigenvalue weighted by molar-refractivity contribution is 0.140. The summed E-state index contributed by atoms with van der Waals surface area (Å²) in [7, 11) is 0. The number of fused-ring (bicyclic) bond motifs is 1. The molecule has 0 bridgehead atoms. The molecule has 0 spiro atoms. The molecule has 1 N–H and O–H groups in total. The van der Waals surface area contributed by atoms with Gasteiger partial charge in [-0.3, -0.25) is 4.72 Å². The Bertz CT molecular complexity index is 708. The SMILES string of the molecule is Fc1cc2c(CNSC3CC3)cn(C3CC(F)C3)c2cc1Br. The highest BCUT2D eigenvalue weighted by Crippen LogP contribution is 2.39. The van der Waals surface area contributed by atoms with Crippen LogP contribution >= 0.6 is 27.9 Å². The Morgan fingerprint density at radius 1 is 1.32 bits per heavy atom. The maximum atomic E-state index is 13.9. The molecule has 2 fully saturated rings. The molecule has 2 aromatic rings. The van der Waals surface area contributed by atoms with E-state index >= 15 is 0 Å². The van der Waals surface area contributed by atoms with E-state index in [0.29, 0.717) is 23.9 Å². The number of aromatic nitrogens is 1. The largest absolute Gasteiger partial charge is 0.344 e. The molecular formula is C16H17BrF2N2S. The number of halogens is 3. The summed E-state index contributed by atoms with van der Waals surface area (Å²) in [6.07, 6.45) is 5.04. The second kappa shape index (κ2) is 5.80. The molecule has 2 aliphatic carbocycles. The van der Waals surface area contributed by atoms with Crippen molar-refractivity contribution in [2.75, 3.05) is 0 Å². The van der Waals surface area contributed by atoms with E-state index in [9.17, 15) is 8.78 Å². The van der Waals surface area contributed by atoms with Crippen LogP contribution in [0.5, 0.6) is 0 Å². The van der Waals surface area contributed by atoms with Gasteiger partial charge in [0.2, 0.25) is 0 Å².